The molecule has 8 aromatic rings. The summed E-state index contributed by atoms with van der Waals surface area (Å²) in [7, 11) is 0. The molecule has 5 heteroatoms. The van der Waals surface area contributed by atoms with E-state index in [-0.39, 0.29) is 5.41 Å². The van der Waals surface area contributed by atoms with E-state index in [2.05, 4.69) is 148 Å². The maximum absolute atomic E-state index is 10.0. The van der Waals surface area contributed by atoms with Crippen LogP contribution < -0.4 is 4.90 Å². The second-order valence-electron chi connectivity index (χ2n) is 13.5. The molecule has 0 spiro atoms. The number of nitriles is 1. The highest BCUT2D eigenvalue weighted by Crippen LogP contribution is 2.52. The van der Waals surface area contributed by atoms with Gasteiger partial charge >= 0.3 is 0 Å². The molecule has 0 saturated heterocycles. The number of anilines is 3. The molecule has 0 fully saturated rings. The number of fused-ring (bicyclic) bond motifs is 5. The van der Waals surface area contributed by atoms with Crippen LogP contribution in [0.25, 0.3) is 54.6 Å². The van der Waals surface area contributed by atoms with Crippen LogP contribution in [0.15, 0.2) is 152 Å². The first kappa shape index (κ1) is 30.1. The lowest BCUT2D eigenvalue weighted by Crippen LogP contribution is -2.30. The number of pyridine rings is 1. The van der Waals surface area contributed by atoms with E-state index in [0.717, 1.165) is 61.2 Å². The monoisotopic (exact) mass is 653 g/mol. The first-order valence-electron chi connectivity index (χ1n) is 17.0. The number of hydrogen-bond acceptors (Lipinski definition) is 3. The topological polar surface area (TPSA) is 49.2 Å². The van der Waals surface area contributed by atoms with Crippen LogP contribution in [0.4, 0.5) is 22.7 Å². The molecule has 3 heterocycles. The number of para-hydroxylation sites is 3. The molecule has 9 rings (SSSR count). The molecular formula is C46H31N5. The van der Waals surface area contributed by atoms with Gasteiger partial charge in [0, 0.05) is 51.1 Å². The highest BCUT2D eigenvalue weighted by atomic mass is 15.2. The van der Waals surface area contributed by atoms with Crippen LogP contribution in [0.3, 0.4) is 0 Å². The molecule has 6 aromatic carbocycles. The van der Waals surface area contributed by atoms with Crippen LogP contribution in [-0.2, 0) is 5.41 Å². The molecule has 0 aliphatic carbocycles. The molecule has 0 saturated carbocycles. The van der Waals surface area contributed by atoms with Crippen molar-refractivity contribution in [2.24, 2.45) is 0 Å². The van der Waals surface area contributed by atoms with Crippen LogP contribution in [0.2, 0.25) is 0 Å². The van der Waals surface area contributed by atoms with E-state index in [1.54, 1.807) is 18.2 Å². The number of rotatable bonds is 4. The Bertz CT molecular complexity index is 2640. The number of hydrogen-bond donors (Lipinski definition) is 0. The van der Waals surface area contributed by atoms with E-state index in [0.29, 0.717) is 16.8 Å². The molecule has 0 radical (unpaired) electrons. The maximum atomic E-state index is 10.0. The van der Waals surface area contributed by atoms with E-state index >= 15 is 0 Å². The molecule has 0 bridgehead atoms. The molecule has 1 aliphatic heterocycles. The first-order valence-corrected chi connectivity index (χ1v) is 17.0. The summed E-state index contributed by atoms with van der Waals surface area (Å²) >= 11 is 0. The van der Waals surface area contributed by atoms with Crippen molar-refractivity contribution in [2.45, 2.75) is 19.3 Å². The summed E-state index contributed by atoms with van der Waals surface area (Å²) < 4.78 is 2.33. The molecular weight excluding hydrogens is 623 g/mol. The standard InChI is InChI=1S/C46H31N5/c1-46(2)38-16-5-8-20-43(38)51(44-21-9-6-17-39(44)46)35-26-33(30-12-10-13-31(24-30)45-32(28-47)14-11-18-40(45)48-3)25-34(27-35)50-41-19-7-4-15-36(41)37-29-49-23-22-42(37)50/h4-27,29H,1-2H3. The van der Waals surface area contributed by atoms with Crippen molar-refractivity contribution in [2.75, 3.05) is 4.90 Å². The van der Waals surface area contributed by atoms with E-state index < -0.39 is 0 Å². The van der Waals surface area contributed by atoms with Gasteiger partial charge in [0.15, 0.2) is 5.69 Å². The van der Waals surface area contributed by atoms with Gasteiger partial charge in [-0.05, 0) is 82.4 Å². The lowest BCUT2D eigenvalue weighted by Gasteiger charge is -2.42. The zero-order chi connectivity index (χ0) is 34.7. The summed E-state index contributed by atoms with van der Waals surface area (Å²) in [6.07, 6.45) is 3.80. The summed E-state index contributed by atoms with van der Waals surface area (Å²) in [6.45, 7) is 12.5. The molecule has 0 N–H and O–H groups in total. The zero-order valence-corrected chi connectivity index (χ0v) is 28.2. The van der Waals surface area contributed by atoms with Crippen molar-refractivity contribution in [3.63, 3.8) is 0 Å². The summed E-state index contributed by atoms with van der Waals surface area (Å²) in [5, 5.41) is 12.3. The fourth-order valence-electron chi connectivity index (χ4n) is 7.95. The van der Waals surface area contributed by atoms with Gasteiger partial charge in [-0.2, -0.15) is 5.26 Å². The van der Waals surface area contributed by atoms with Crippen LogP contribution in [0.5, 0.6) is 0 Å². The first-order chi connectivity index (χ1) is 25.0. The van der Waals surface area contributed by atoms with Gasteiger partial charge in [0.05, 0.1) is 35.0 Å². The molecule has 0 amide bonds. The summed E-state index contributed by atoms with van der Waals surface area (Å²) in [5.74, 6) is 0. The Morgan fingerprint density at radius 1 is 0.647 bits per heavy atom. The molecule has 2 aromatic heterocycles. The Morgan fingerprint density at radius 2 is 1.31 bits per heavy atom. The van der Waals surface area contributed by atoms with Crippen molar-refractivity contribution >= 4 is 44.6 Å². The van der Waals surface area contributed by atoms with Gasteiger partial charge in [0.2, 0.25) is 0 Å². The third-order valence-electron chi connectivity index (χ3n) is 10.3. The summed E-state index contributed by atoms with van der Waals surface area (Å²) in [6, 6.07) is 50.6. The fraction of sp³-hybridized carbons (Fsp3) is 0.0652. The molecule has 240 valence electrons. The maximum Gasteiger partial charge on any atom is 0.196 e. The zero-order valence-electron chi connectivity index (χ0n) is 28.2. The second-order valence-corrected chi connectivity index (χ2v) is 13.5. The minimum Gasteiger partial charge on any atom is -0.310 e. The Hall–Kier alpha value is -6.95. The minimum absolute atomic E-state index is 0.187. The minimum atomic E-state index is -0.187. The van der Waals surface area contributed by atoms with Crippen LogP contribution in [0.1, 0.15) is 30.5 Å². The third kappa shape index (κ3) is 4.64. The van der Waals surface area contributed by atoms with Gasteiger partial charge in [-0.15, -0.1) is 0 Å². The van der Waals surface area contributed by atoms with E-state index in [4.69, 9.17) is 6.57 Å². The molecule has 0 unspecified atom stereocenters. The van der Waals surface area contributed by atoms with Crippen molar-refractivity contribution < 1.29 is 0 Å². The normalized spacial score (nSPS) is 13.0. The van der Waals surface area contributed by atoms with Crippen molar-refractivity contribution in [3.05, 3.63) is 180 Å². The van der Waals surface area contributed by atoms with E-state index in [1.165, 1.54) is 11.1 Å². The summed E-state index contributed by atoms with van der Waals surface area (Å²) in [4.78, 5) is 10.7. The average Bonchev–Trinajstić information content (AvgIpc) is 3.52. The van der Waals surface area contributed by atoms with Gasteiger partial charge in [-0.3, -0.25) is 4.98 Å². The highest BCUT2D eigenvalue weighted by Gasteiger charge is 2.36. The number of benzene rings is 6. The smallest absolute Gasteiger partial charge is 0.196 e. The quantitative estimate of drug-likeness (QED) is 0.178. The Balaban J connectivity index is 1.35. The molecule has 51 heavy (non-hydrogen) atoms. The van der Waals surface area contributed by atoms with Crippen LogP contribution >= 0.6 is 0 Å². The summed E-state index contributed by atoms with van der Waals surface area (Å²) in [5.41, 5.74) is 13.3. The van der Waals surface area contributed by atoms with Crippen molar-refractivity contribution in [3.8, 4) is 34.0 Å². The van der Waals surface area contributed by atoms with Gasteiger partial charge in [0.25, 0.3) is 0 Å². The Kier molecular flexibility index (Phi) is 6.85. The lowest BCUT2D eigenvalue weighted by molar-refractivity contribution is 0.632. The van der Waals surface area contributed by atoms with Gasteiger partial charge < -0.3 is 9.47 Å². The predicted octanol–water partition coefficient (Wildman–Crippen LogP) is 12.0. The Labute approximate surface area is 296 Å². The van der Waals surface area contributed by atoms with E-state index in [1.807, 2.05) is 24.5 Å². The van der Waals surface area contributed by atoms with Gasteiger partial charge in [-0.1, -0.05) is 98.8 Å². The Morgan fingerprint density at radius 3 is 2.08 bits per heavy atom. The van der Waals surface area contributed by atoms with Gasteiger partial charge in [-0.25, -0.2) is 4.85 Å². The third-order valence-corrected chi connectivity index (χ3v) is 10.3. The SMILES string of the molecule is [C-]#[N+]c1cccc(C#N)c1-c1cccc(-c2cc(N3c4ccccc4C(C)(C)c4ccccc43)cc(-n3c4ccccc4c4cnccc43)c2)c1. The molecule has 1 aliphatic rings. The largest absolute Gasteiger partial charge is 0.310 e. The van der Waals surface area contributed by atoms with Crippen molar-refractivity contribution in [1.82, 2.24) is 9.55 Å². The lowest BCUT2D eigenvalue weighted by atomic mass is 9.73. The average molecular weight is 654 g/mol. The van der Waals surface area contributed by atoms with Crippen LogP contribution in [-0.4, -0.2) is 9.55 Å². The number of aromatic nitrogens is 2. The molecule has 5 nitrogen and oxygen atoms in total. The number of nitrogens with zero attached hydrogens (tertiary/aromatic N) is 5. The van der Waals surface area contributed by atoms with Crippen molar-refractivity contribution in [1.29, 1.82) is 5.26 Å². The molecule has 0 atom stereocenters. The van der Waals surface area contributed by atoms with Crippen LogP contribution in [0, 0.1) is 17.9 Å². The van der Waals surface area contributed by atoms with E-state index in [9.17, 15) is 5.26 Å². The predicted molar refractivity (Wildman–Crippen MR) is 207 cm³/mol. The highest BCUT2D eigenvalue weighted by molar-refractivity contribution is 6.09. The fourth-order valence-corrected chi connectivity index (χ4v) is 7.95. The van der Waals surface area contributed by atoms with Gasteiger partial charge in [0.1, 0.15) is 0 Å². The second kappa shape index (κ2) is 11.6.